The van der Waals surface area contributed by atoms with Gasteiger partial charge >= 0.3 is 5.97 Å². The molecule has 0 aromatic carbocycles. The quantitative estimate of drug-likeness (QED) is 0.875. The molecule has 0 amide bonds. The Labute approximate surface area is 110 Å². The van der Waals surface area contributed by atoms with Gasteiger partial charge in [0.15, 0.2) is 9.50 Å². The highest BCUT2D eigenvalue weighted by Crippen LogP contribution is 2.30. The summed E-state index contributed by atoms with van der Waals surface area (Å²) in [7, 11) is 0. The van der Waals surface area contributed by atoms with Crippen molar-refractivity contribution < 1.29 is 9.90 Å². The monoisotopic (exact) mass is 287 g/mol. The molecule has 0 bridgehead atoms. The second kappa shape index (κ2) is 4.99. The molecule has 0 atom stereocenters. The molecule has 0 radical (unpaired) electrons. The summed E-state index contributed by atoms with van der Waals surface area (Å²) >= 11 is 7.98. The maximum Gasteiger partial charge on any atom is 0.347 e. The molecule has 17 heavy (non-hydrogen) atoms. The van der Waals surface area contributed by atoms with Gasteiger partial charge in [-0.3, -0.25) is 0 Å². The highest BCUT2D eigenvalue weighted by atomic mass is 35.5. The van der Waals surface area contributed by atoms with E-state index in [9.17, 15) is 4.79 Å². The maximum atomic E-state index is 10.8. The van der Waals surface area contributed by atoms with Gasteiger partial charge in [0.25, 0.3) is 0 Å². The summed E-state index contributed by atoms with van der Waals surface area (Å²) in [5.74, 6) is -0.969. The van der Waals surface area contributed by atoms with Crippen LogP contribution >= 0.6 is 34.7 Å². The standard InChI is InChI=1S/C9H6ClN3O2S2/c1-4-6(7(14)15)16-9(13-4)17-8-11-2-5(10)3-12-8/h2-3H,1H3,(H,14,15). The molecule has 0 fully saturated rings. The first kappa shape index (κ1) is 12.3. The molecule has 0 aliphatic heterocycles. The average Bonchev–Trinajstić information content (AvgIpc) is 2.63. The topological polar surface area (TPSA) is 76.0 Å². The molecule has 2 aromatic rings. The second-order valence-electron chi connectivity index (χ2n) is 2.99. The summed E-state index contributed by atoms with van der Waals surface area (Å²) in [4.78, 5) is 23.2. The van der Waals surface area contributed by atoms with Crippen LogP contribution < -0.4 is 0 Å². The number of aromatic nitrogens is 3. The van der Waals surface area contributed by atoms with Gasteiger partial charge in [0.1, 0.15) is 4.88 Å². The lowest BCUT2D eigenvalue weighted by Crippen LogP contribution is -1.94. The van der Waals surface area contributed by atoms with Crippen molar-refractivity contribution in [2.45, 2.75) is 16.4 Å². The first-order chi connectivity index (χ1) is 8.06. The normalized spacial score (nSPS) is 10.5. The van der Waals surface area contributed by atoms with E-state index in [-0.39, 0.29) is 4.88 Å². The lowest BCUT2D eigenvalue weighted by molar-refractivity contribution is 0.0701. The van der Waals surface area contributed by atoms with Crippen molar-refractivity contribution in [3.63, 3.8) is 0 Å². The molecule has 1 N–H and O–H groups in total. The van der Waals surface area contributed by atoms with E-state index in [1.165, 1.54) is 24.2 Å². The Hall–Kier alpha value is -1.18. The number of halogens is 1. The summed E-state index contributed by atoms with van der Waals surface area (Å²) in [6.45, 7) is 1.66. The summed E-state index contributed by atoms with van der Waals surface area (Å²) in [5, 5.41) is 9.83. The smallest absolute Gasteiger partial charge is 0.347 e. The van der Waals surface area contributed by atoms with Gasteiger partial charge in [-0.15, -0.1) is 0 Å². The second-order valence-corrected chi connectivity index (χ2v) is 5.64. The third-order valence-electron chi connectivity index (χ3n) is 1.75. The Kier molecular flexibility index (Phi) is 3.60. The van der Waals surface area contributed by atoms with Crippen molar-refractivity contribution in [3.05, 3.63) is 28.0 Å². The van der Waals surface area contributed by atoms with Crippen LogP contribution in [0.1, 0.15) is 15.4 Å². The Morgan fingerprint density at radius 1 is 1.47 bits per heavy atom. The molecule has 5 nitrogen and oxygen atoms in total. The van der Waals surface area contributed by atoms with Crippen LogP contribution in [-0.4, -0.2) is 26.0 Å². The van der Waals surface area contributed by atoms with Crippen LogP contribution in [0.2, 0.25) is 5.02 Å². The van der Waals surface area contributed by atoms with Crippen LogP contribution in [0, 0.1) is 6.92 Å². The van der Waals surface area contributed by atoms with E-state index >= 15 is 0 Å². The Morgan fingerprint density at radius 2 is 2.12 bits per heavy atom. The molecule has 2 heterocycles. The summed E-state index contributed by atoms with van der Waals surface area (Å²) in [6.07, 6.45) is 2.96. The van der Waals surface area contributed by atoms with Gasteiger partial charge in [-0.1, -0.05) is 22.9 Å². The third kappa shape index (κ3) is 2.93. The lowest BCUT2D eigenvalue weighted by Gasteiger charge is -1.94. The minimum atomic E-state index is -0.969. The van der Waals surface area contributed by atoms with E-state index in [0.29, 0.717) is 20.2 Å². The fourth-order valence-electron chi connectivity index (χ4n) is 1.04. The zero-order valence-electron chi connectivity index (χ0n) is 8.55. The van der Waals surface area contributed by atoms with E-state index in [2.05, 4.69) is 15.0 Å². The predicted molar refractivity (Wildman–Crippen MR) is 65.0 cm³/mol. The first-order valence-electron chi connectivity index (χ1n) is 4.42. The molecule has 2 rings (SSSR count). The van der Waals surface area contributed by atoms with Gasteiger partial charge in [0.2, 0.25) is 0 Å². The van der Waals surface area contributed by atoms with Gasteiger partial charge in [0, 0.05) is 0 Å². The number of nitrogens with zero attached hydrogens (tertiary/aromatic N) is 3. The molecule has 0 aliphatic carbocycles. The number of hydrogen-bond acceptors (Lipinski definition) is 6. The minimum absolute atomic E-state index is 0.237. The fourth-order valence-corrected chi connectivity index (χ4v) is 2.97. The molecule has 0 aliphatic rings. The van der Waals surface area contributed by atoms with Crippen LogP contribution in [0.15, 0.2) is 21.9 Å². The molecular weight excluding hydrogens is 282 g/mol. The zero-order chi connectivity index (χ0) is 12.4. The molecule has 8 heteroatoms. The van der Waals surface area contributed by atoms with Crippen LogP contribution in [0.5, 0.6) is 0 Å². The summed E-state index contributed by atoms with van der Waals surface area (Å²) < 4.78 is 0.599. The first-order valence-corrected chi connectivity index (χ1v) is 6.43. The lowest BCUT2D eigenvalue weighted by atomic mass is 10.4. The molecule has 0 saturated carbocycles. The van der Waals surface area contributed by atoms with Gasteiger partial charge in [-0.25, -0.2) is 19.7 Å². The van der Waals surface area contributed by atoms with Crippen molar-refractivity contribution in [2.24, 2.45) is 0 Å². The van der Waals surface area contributed by atoms with E-state index < -0.39 is 5.97 Å². The molecule has 0 saturated heterocycles. The molecule has 0 spiro atoms. The number of rotatable bonds is 3. The van der Waals surface area contributed by atoms with E-state index in [4.69, 9.17) is 16.7 Å². The van der Waals surface area contributed by atoms with E-state index in [1.54, 1.807) is 6.92 Å². The number of aromatic carboxylic acids is 1. The summed E-state index contributed by atoms with van der Waals surface area (Å²) in [5.41, 5.74) is 0.499. The van der Waals surface area contributed by atoms with Crippen molar-refractivity contribution >= 4 is 40.7 Å². The van der Waals surface area contributed by atoms with Gasteiger partial charge in [-0.2, -0.15) is 0 Å². The van der Waals surface area contributed by atoms with Gasteiger partial charge in [-0.05, 0) is 18.7 Å². The highest BCUT2D eigenvalue weighted by Gasteiger charge is 2.15. The number of carboxylic acids is 1. The van der Waals surface area contributed by atoms with Gasteiger partial charge < -0.3 is 5.11 Å². The number of carboxylic acid groups (broad SMARTS) is 1. The molecule has 88 valence electrons. The highest BCUT2D eigenvalue weighted by molar-refractivity contribution is 8.00. The SMILES string of the molecule is Cc1nc(Sc2ncc(Cl)cn2)sc1C(=O)O. The van der Waals surface area contributed by atoms with Crippen molar-refractivity contribution in [3.8, 4) is 0 Å². The number of thiazole rings is 1. The maximum absolute atomic E-state index is 10.8. The number of hydrogen-bond donors (Lipinski definition) is 1. The van der Waals surface area contributed by atoms with Gasteiger partial charge in [0.05, 0.1) is 23.1 Å². The molecule has 2 aromatic heterocycles. The largest absolute Gasteiger partial charge is 0.477 e. The summed E-state index contributed by atoms with van der Waals surface area (Å²) in [6, 6.07) is 0. The van der Waals surface area contributed by atoms with Crippen molar-refractivity contribution in [1.29, 1.82) is 0 Å². The minimum Gasteiger partial charge on any atom is -0.477 e. The Bertz CT molecular complexity index is 556. The number of carbonyl (C=O) groups is 1. The molecule has 0 unspecified atom stereocenters. The van der Waals surface area contributed by atoms with Crippen LogP contribution in [0.4, 0.5) is 0 Å². The fraction of sp³-hybridized carbons (Fsp3) is 0.111. The van der Waals surface area contributed by atoms with Crippen molar-refractivity contribution in [1.82, 2.24) is 15.0 Å². The predicted octanol–water partition coefficient (Wildman–Crippen LogP) is 2.74. The average molecular weight is 288 g/mol. The van der Waals surface area contributed by atoms with Crippen molar-refractivity contribution in [2.75, 3.05) is 0 Å². The van der Waals surface area contributed by atoms with Crippen LogP contribution in [0.25, 0.3) is 0 Å². The van der Waals surface area contributed by atoms with Crippen LogP contribution in [-0.2, 0) is 0 Å². The van der Waals surface area contributed by atoms with E-state index in [1.807, 2.05) is 0 Å². The van der Waals surface area contributed by atoms with E-state index in [0.717, 1.165) is 11.3 Å². The Morgan fingerprint density at radius 3 is 2.65 bits per heavy atom. The Balaban J connectivity index is 2.22. The third-order valence-corrected chi connectivity index (χ3v) is 4.04. The number of aryl methyl sites for hydroxylation is 1. The molecular formula is C9H6ClN3O2S2. The zero-order valence-corrected chi connectivity index (χ0v) is 10.9. The van der Waals surface area contributed by atoms with Crippen LogP contribution in [0.3, 0.4) is 0 Å².